The topological polar surface area (TPSA) is 54.0 Å². The number of fused-ring (bicyclic) bond motifs is 1. The van der Waals surface area contributed by atoms with E-state index >= 15 is 0 Å². The number of urea groups is 1. The molecule has 1 fully saturated rings. The second-order valence-electron chi connectivity index (χ2n) is 6.62. The summed E-state index contributed by atoms with van der Waals surface area (Å²) in [6.45, 7) is 0. The monoisotopic (exact) mass is 379 g/mol. The summed E-state index contributed by atoms with van der Waals surface area (Å²) in [7, 11) is 0. The third-order valence-corrected chi connectivity index (χ3v) is 5.65. The lowest BCUT2D eigenvalue weighted by molar-refractivity contribution is 0.251. The SMILES string of the molecule is C#Cc1cc2nccc(CCc3ccc(NC(=O)NC4CC4)cc3F)c2s1. The predicted octanol–water partition coefficient (Wildman–Crippen LogP) is 4.49. The molecule has 2 heterocycles. The largest absolute Gasteiger partial charge is 0.335 e. The number of hydrogen-bond donors (Lipinski definition) is 2. The molecule has 0 bridgehead atoms. The van der Waals surface area contributed by atoms with Crippen molar-refractivity contribution >= 4 is 33.3 Å². The maximum atomic E-state index is 14.4. The Morgan fingerprint density at radius 3 is 2.81 bits per heavy atom. The number of anilines is 1. The Hall–Kier alpha value is -2.91. The second-order valence-corrected chi connectivity index (χ2v) is 7.67. The number of aryl methyl sites for hydroxylation is 2. The molecule has 2 N–H and O–H groups in total. The summed E-state index contributed by atoms with van der Waals surface area (Å²) in [6, 6.07) is 8.65. The third-order valence-electron chi connectivity index (χ3n) is 4.52. The fraction of sp³-hybridized carbons (Fsp3) is 0.238. The highest BCUT2D eigenvalue weighted by atomic mass is 32.1. The van der Waals surface area contributed by atoms with Crippen LogP contribution >= 0.6 is 11.3 Å². The number of pyridine rings is 1. The van der Waals surface area contributed by atoms with Gasteiger partial charge in [-0.1, -0.05) is 12.0 Å². The van der Waals surface area contributed by atoms with Gasteiger partial charge in [-0.3, -0.25) is 4.98 Å². The average molecular weight is 379 g/mol. The Bertz CT molecular complexity index is 1050. The van der Waals surface area contributed by atoms with Gasteiger partial charge in [0.05, 0.1) is 15.1 Å². The maximum Gasteiger partial charge on any atom is 0.319 e. The van der Waals surface area contributed by atoms with Crippen LogP contribution in [0.4, 0.5) is 14.9 Å². The van der Waals surface area contributed by atoms with Crippen molar-refractivity contribution in [3.05, 3.63) is 58.3 Å². The van der Waals surface area contributed by atoms with Gasteiger partial charge in [-0.25, -0.2) is 9.18 Å². The van der Waals surface area contributed by atoms with Crippen LogP contribution in [0.1, 0.15) is 28.8 Å². The van der Waals surface area contributed by atoms with Gasteiger partial charge in [-0.05, 0) is 61.1 Å². The average Bonchev–Trinajstić information content (AvgIpc) is 3.35. The highest BCUT2D eigenvalue weighted by Crippen LogP contribution is 2.28. The van der Waals surface area contributed by atoms with E-state index in [0.717, 1.165) is 33.5 Å². The highest BCUT2D eigenvalue weighted by Gasteiger charge is 2.23. The Kier molecular flexibility index (Phi) is 4.78. The number of carbonyl (C=O) groups excluding carboxylic acids is 1. The van der Waals surface area contributed by atoms with Crippen LogP contribution in [0.3, 0.4) is 0 Å². The van der Waals surface area contributed by atoms with Crippen molar-refractivity contribution in [2.24, 2.45) is 0 Å². The summed E-state index contributed by atoms with van der Waals surface area (Å²) in [5.74, 6) is 2.32. The molecule has 0 radical (unpaired) electrons. The van der Waals surface area contributed by atoms with E-state index in [1.807, 2.05) is 12.1 Å². The molecule has 3 aromatic rings. The van der Waals surface area contributed by atoms with Crippen LogP contribution in [-0.2, 0) is 12.8 Å². The summed E-state index contributed by atoms with van der Waals surface area (Å²) in [6.07, 6.45) is 10.5. The Morgan fingerprint density at radius 2 is 2.07 bits per heavy atom. The number of terminal acetylenes is 1. The number of halogens is 1. The van der Waals surface area contributed by atoms with Crippen LogP contribution in [-0.4, -0.2) is 17.1 Å². The summed E-state index contributed by atoms with van der Waals surface area (Å²) in [5, 5.41) is 5.49. The molecular weight excluding hydrogens is 361 g/mol. The van der Waals surface area contributed by atoms with Gasteiger partial charge in [0.15, 0.2) is 0 Å². The van der Waals surface area contributed by atoms with Gasteiger partial charge in [0.2, 0.25) is 0 Å². The summed E-state index contributed by atoms with van der Waals surface area (Å²) < 4.78 is 15.5. The van der Waals surface area contributed by atoms with Crippen molar-refractivity contribution in [2.75, 3.05) is 5.32 Å². The molecule has 4 nitrogen and oxygen atoms in total. The van der Waals surface area contributed by atoms with Gasteiger partial charge in [-0.15, -0.1) is 17.8 Å². The number of thiophene rings is 1. The van der Waals surface area contributed by atoms with Crippen LogP contribution in [0.25, 0.3) is 10.2 Å². The van der Waals surface area contributed by atoms with E-state index < -0.39 is 0 Å². The number of aromatic nitrogens is 1. The van der Waals surface area contributed by atoms with Gasteiger partial charge in [0.1, 0.15) is 5.82 Å². The first kappa shape index (κ1) is 17.5. The van der Waals surface area contributed by atoms with E-state index in [-0.39, 0.29) is 17.9 Å². The molecule has 1 aliphatic rings. The molecule has 1 aliphatic carbocycles. The van der Waals surface area contributed by atoms with Gasteiger partial charge in [-0.2, -0.15) is 0 Å². The lowest BCUT2D eigenvalue weighted by atomic mass is 10.0. The normalized spacial score (nSPS) is 13.3. The molecule has 0 saturated heterocycles. The summed E-state index contributed by atoms with van der Waals surface area (Å²) in [4.78, 5) is 16.9. The number of nitrogens with zero attached hydrogens (tertiary/aromatic N) is 1. The van der Waals surface area contributed by atoms with Crippen LogP contribution in [0.5, 0.6) is 0 Å². The van der Waals surface area contributed by atoms with E-state index in [1.54, 1.807) is 18.3 Å². The molecule has 27 heavy (non-hydrogen) atoms. The van der Waals surface area contributed by atoms with Crippen LogP contribution in [0.15, 0.2) is 36.5 Å². The van der Waals surface area contributed by atoms with Crippen molar-refractivity contribution in [3.8, 4) is 12.3 Å². The van der Waals surface area contributed by atoms with E-state index in [1.165, 1.54) is 17.4 Å². The zero-order valence-electron chi connectivity index (χ0n) is 14.6. The number of rotatable bonds is 5. The smallest absolute Gasteiger partial charge is 0.319 e. The number of amides is 2. The molecule has 0 unspecified atom stereocenters. The molecular formula is C21H18FN3OS. The summed E-state index contributed by atoms with van der Waals surface area (Å²) in [5.41, 5.74) is 3.06. The quantitative estimate of drug-likeness (QED) is 0.642. The number of benzene rings is 1. The van der Waals surface area contributed by atoms with Gasteiger partial charge in [0.25, 0.3) is 0 Å². The molecule has 1 aromatic carbocycles. The van der Waals surface area contributed by atoms with Crippen molar-refractivity contribution < 1.29 is 9.18 Å². The lowest BCUT2D eigenvalue weighted by Gasteiger charge is -2.09. The first-order valence-electron chi connectivity index (χ1n) is 8.82. The number of carbonyl (C=O) groups is 1. The van der Waals surface area contributed by atoms with Gasteiger partial charge in [0, 0.05) is 17.9 Å². The van der Waals surface area contributed by atoms with E-state index in [9.17, 15) is 9.18 Å². The molecule has 1 saturated carbocycles. The fourth-order valence-electron chi connectivity index (χ4n) is 2.94. The fourth-order valence-corrected chi connectivity index (χ4v) is 3.90. The number of hydrogen-bond acceptors (Lipinski definition) is 3. The molecule has 6 heteroatoms. The maximum absolute atomic E-state index is 14.4. The van der Waals surface area contributed by atoms with Crippen LogP contribution in [0.2, 0.25) is 0 Å². The molecule has 0 aliphatic heterocycles. The molecule has 2 aromatic heterocycles. The van der Waals surface area contributed by atoms with Crippen molar-refractivity contribution in [1.29, 1.82) is 0 Å². The van der Waals surface area contributed by atoms with Crippen molar-refractivity contribution in [2.45, 2.75) is 31.7 Å². The third kappa shape index (κ3) is 4.09. The minimum absolute atomic E-state index is 0.263. The zero-order chi connectivity index (χ0) is 18.8. The molecule has 4 rings (SSSR count). The van der Waals surface area contributed by atoms with E-state index in [2.05, 4.69) is 21.5 Å². The van der Waals surface area contributed by atoms with E-state index in [4.69, 9.17) is 6.42 Å². The first-order chi connectivity index (χ1) is 13.1. The zero-order valence-corrected chi connectivity index (χ0v) is 15.4. The minimum Gasteiger partial charge on any atom is -0.335 e. The first-order valence-corrected chi connectivity index (χ1v) is 9.64. The second kappa shape index (κ2) is 7.37. The standard InChI is InChI=1S/C21H18FN3OS/c1-2-17-12-19-20(27-17)14(9-10-23-19)4-3-13-5-6-16(11-18(13)22)25-21(26)24-15-7-8-15/h1,5-6,9-12,15H,3-4,7-8H2,(H2,24,25,26). The molecule has 0 spiro atoms. The Morgan fingerprint density at radius 1 is 1.26 bits per heavy atom. The lowest BCUT2D eigenvalue weighted by Crippen LogP contribution is -2.30. The van der Waals surface area contributed by atoms with E-state index in [0.29, 0.717) is 24.1 Å². The summed E-state index contributed by atoms with van der Waals surface area (Å²) >= 11 is 1.54. The molecule has 136 valence electrons. The van der Waals surface area contributed by atoms with Crippen molar-refractivity contribution in [3.63, 3.8) is 0 Å². The van der Waals surface area contributed by atoms with Crippen LogP contribution in [0, 0.1) is 18.2 Å². The molecule has 0 atom stereocenters. The Labute approximate surface area is 160 Å². The van der Waals surface area contributed by atoms with Crippen LogP contribution < -0.4 is 10.6 Å². The minimum atomic E-state index is -0.319. The predicted molar refractivity (Wildman–Crippen MR) is 107 cm³/mol. The number of nitrogens with one attached hydrogen (secondary N) is 2. The van der Waals surface area contributed by atoms with Gasteiger partial charge < -0.3 is 10.6 Å². The Balaban J connectivity index is 1.44. The highest BCUT2D eigenvalue weighted by molar-refractivity contribution is 7.19. The van der Waals surface area contributed by atoms with Crippen molar-refractivity contribution in [1.82, 2.24) is 10.3 Å². The molecule has 2 amide bonds. The van der Waals surface area contributed by atoms with Gasteiger partial charge >= 0.3 is 6.03 Å².